The second-order valence-corrected chi connectivity index (χ2v) is 7.16. The summed E-state index contributed by atoms with van der Waals surface area (Å²) < 4.78 is 0. The van der Waals surface area contributed by atoms with Crippen molar-refractivity contribution in [2.75, 3.05) is 25.0 Å². The maximum absolute atomic E-state index is 3.62. The van der Waals surface area contributed by atoms with Gasteiger partial charge in [-0.2, -0.15) is 0 Å². The van der Waals surface area contributed by atoms with Crippen molar-refractivity contribution in [1.82, 2.24) is 4.90 Å². The van der Waals surface area contributed by atoms with E-state index in [1.165, 1.54) is 49.2 Å². The number of hydrogen-bond donors (Lipinski definition) is 1. The molecular formula is C21H28N2. The summed E-state index contributed by atoms with van der Waals surface area (Å²) >= 11 is 0. The van der Waals surface area contributed by atoms with Gasteiger partial charge in [-0.15, -0.1) is 0 Å². The molecule has 122 valence electrons. The topological polar surface area (TPSA) is 15.3 Å². The number of nitrogens with one attached hydrogen (secondary N) is 1. The van der Waals surface area contributed by atoms with E-state index in [0.29, 0.717) is 0 Å². The van der Waals surface area contributed by atoms with Gasteiger partial charge in [-0.05, 0) is 63.0 Å². The molecule has 0 aromatic heterocycles. The Bertz CT molecular complexity index is 595. The minimum absolute atomic E-state index is 0.207. The van der Waals surface area contributed by atoms with Crippen LogP contribution in [0.5, 0.6) is 0 Å². The van der Waals surface area contributed by atoms with Crippen molar-refractivity contribution in [3.05, 3.63) is 54.6 Å². The lowest BCUT2D eigenvalue weighted by molar-refractivity contribution is 0.106. The number of piperidine rings is 1. The monoisotopic (exact) mass is 308 g/mol. The molecule has 3 rings (SSSR count). The molecule has 0 unspecified atom stereocenters. The summed E-state index contributed by atoms with van der Waals surface area (Å²) in [6.45, 7) is 8.16. The minimum Gasteiger partial charge on any atom is -0.383 e. The molecule has 2 aromatic carbocycles. The van der Waals surface area contributed by atoms with Gasteiger partial charge in [0.25, 0.3) is 0 Å². The van der Waals surface area contributed by atoms with Crippen molar-refractivity contribution >= 4 is 5.69 Å². The molecule has 2 aromatic rings. The second-order valence-electron chi connectivity index (χ2n) is 7.16. The third-order valence-corrected chi connectivity index (χ3v) is 4.93. The first-order chi connectivity index (χ1) is 11.1. The average Bonchev–Trinajstić information content (AvgIpc) is 2.62. The second kappa shape index (κ2) is 7.18. The van der Waals surface area contributed by atoms with Crippen LogP contribution < -0.4 is 5.32 Å². The highest BCUT2D eigenvalue weighted by Crippen LogP contribution is 2.23. The van der Waals surface area contributed by atoms with E-state index in [1.54, 1.807) is 0 Å². The molecule has 0 amide bonds. The van der Waals surface area contributed by atoms with Gasteiger partial charge < -0.3 is 5.32 Å². The van der Waals surface area contributed by atoms with E-state index in [0.717, 1.165) is 6.54 Å². The molecule has 0 saturated carbocycles. The van der Waals surface area contributed by atoms with Crippen molar-refractivity contribution in [1.29, 1.82) is 0 Å². The highest BCUT2D eigenvalue weighted by atomic mass is 15.2. The number of nitrogens with zero attached hydrogens (tertiary/aromatic N) is 1. The van der Waals surface area contributed by atoms with Crippen LogP contribution in [0.15, 0.2) is 54.6 Å². The van der Waals surface area contributed by atoms with Crippen molar-refractivity contribution in [2.45, 2.75) is 38.6 Å². The van der Waals surface area contributed by atoms with Crippen LogP contribution in [0.4, 0.5) is 5.69 Å². The summed E-state index contributed by atoms with van der Waals surface area (Å²) in [5.41, 5.74) is 3.95. The molecule has 1 heterocycles. The maximum atomic E-state index is 3.62. The van der Waals surface area contributed by atoms with Crippen molar-refractivity contribution in [3.8, 4) is 11.1 Å². The molecule has 23 heavy (non-hydrogen) atoms. The van der Waals surface area contributed by atoms with E-state index in [-0.39, 0.29) is 5.54 Å². The number of hydrogen-bond acceptors (Lipinski definition) is 2. The SMILES string of the molecule is CC(C)(CNc1ccc(-c2ccccc2)cc1)N1CCCCC1. The molecule has 1 aliphatic rings. The van der Waals surface area contributed by atoms with E-state index in [1.807, 2.05) is 0 Å². The van der Waals surface area contributed by atoms with Crippen molar-refractivity contribution in [2.24, 2.45) is 0 Å². The molecule has 0 spiro atoms. The Hall–Kier alpha value is -1.80. The fourth-order valence-electron chi connectivity index (χ4n) is 3.34. The first-order valence-corrected chi connectivity index (χ1v) is 8.80. The van der Waals surface area contributed by atoms with Gasteiger partial charge in [0.2, 0.25) is 0 Å². The Morgan fingerprint density at radius 2 is 1.43 bits per heavy atom. The first-order valence-electron chi connectivity index (χ1n) is 8.80. The molecule has 1 N–H and O–H groups in total. The normalized spacial score (nSPS) is 16.3. The van der Waals surface area contributed by atoms with Crippen LogP contribution in [0.2, 0.25) is 0 Å². The molecule has 1 aliphatic heterocycles. The molecule has 0 aliphatic carbocycles. The molecule has 1 fully saturated rings. The fourth-order valence-corrected chi connectivity index (χ4v) is 3.34. The summed E-state index contributed by atoms with van der Waals surface area (Å²) in [7, 11) is 0. The Balaban J connectivity index is 1.60. The van der Waals surface area contributed by atoms with Crippen LogP contribution in [0.3, 0.4) is 0 Å². The van der Waals surface area contributed by atoms with E-state index >= 15 is 0 Å². The number of benzene rings is 2. The molecule has 2 nitrogen and oxygen atoms in total. The highest BCUT2D eigenvalue weighted by molar-refractivity contribution is 5.65. The van der Waals surface area contributed by atoms with E-state index in [9.17, 15) is 0 Å². The Morgan fingerprint density at radius 1 is 0.826 bits per heavy atom. The van der Waals surface area contributed by atoms with Crippen LogP contribution in [-0.4, -0.2) is 30.1 Å². The van der Waals surface area contributed by atoms with E-state index < -0.39 is 0 Å². The zero-order chi connectivity index (χ0) is 16.1. The molecular weight excluding hydrogens is 280 g/mol. The summed E-state index contributed by atoms with van der Waals surface area (Å²) in [5.74, 6) is 0. The molecule has 1 saturated heterocycles. The summed E-state index contributed by atoms with van der Waals surface area (Å²) in [4.78, 5) is 2.63. The molecule has 2 heteroatoms. The number of rotatable bonds is 5. The summed E-state index contributed by atoms with van der Waals surface area (Å²) in [5, 5.41) is 3.62. The van der Waals surface area contributed by atoms with Gasteiger partial charge >= 0.3 is 0 Å². The van der Waals surface area contributed by atoms with Crippen LogP contribution in [0, 0.1) is 0 Å². The van der Waals surface area contributed by atoms with E-state index in [4.69, 9.17) is 0 Å². The van der Waals surface area contributed by atoms with Gasteiger partial charge in [-0.1, -0.05) is 48.9 Å². The lowest BCUT2D eigenvalue weighted by Gasteiger charge is -2.41. The Kier molecular flexibility index (Phi) is 5.02. The van der Waals surface area contributed by atoms with Gasteiger partial charge in [0.05, 0.1) is 0 Å². The van der Waals surface area contributed by atoms with Crippen molar-refractivity contribution in [3.63, 3.8) is 0 Å². The highest BCUT2D eigenvalue weighted by Gasteiger charge is 2.27. The first kappa shape index (κ1) is 16.1. The van der Waals surface area contributed by atoms with Crippen LogP contribution in [-0.2, 0) is 0 Å². The van der Waals surface area contributed by atoms with Crippen LogP contribution >= 0.6 is 0 Å². The molecule has 0 atom stereocenters. The van der Waals surface area contributed by atoms with E-state index in [2.05, 4.69) is 78.7 Å². The summed E-state index contributed by atoms with van der Waals surface area (Å²) in [6, 6.07) is 19.3. The third-order valence-electron chi connectivity index (χ3n) is 4.93. The summed E-state index contributed by atoms with van der Waals surface area (Å²) in [6.07, 6.45) is 4.07. The fraction of sp³-hybridized carbons (Fsp3) is 0.429. The zero-order valence-electron chi connectivity index (χ0n) is 14.4. The lowest BCUT2D eigenvalue weighted by Crippen LogP contribution is -2.50. The zero-order valence-corrected chi connectivity index (χ0v) is 14.4. The predicted molar refractivity (Wildman–Crippen MR) is 99.9 cm³/mol. The van der Waals surface area contributed by atoms with Gasteiger partial charge in [0.15, 0.2) is 0 Å². The van der Waals surface area contributed by atoms with Gasteiger partial charge in [0, 0.05) is 17.8 Å². The predicted octanol–water partition coefficient (Wildman–Crippen LogP) is 5.03. The number of anilines is 1. The third kappa shape index (κ3) is 4.14. The number of likely N-dealkylation sites (tertiary alicyclic amines) is 1. The van der Waals surface area contributed by atoms with Crippen LogP contribution in [0.25, 0.3) is 11.1 Å². The minimum atomic E-state index is 0.207. The smallest absolute Gasteiger partial charge is 0.0341 e. The van der Waals surface area contributed by atoms with Crippen molar-refractivity contribution < 1.29 is 0 Å². The molecule has 0 bridgehead atoms. The largest absolute Gasteiger partial charge is 0.383 e. The van der Waals surface area contributed by atoms with Gasteiger partial charge in [0.1, 0.15) is 0 Å². The Labute approximate surface area is 140 Å². The van der Waals surface area contributed by atoms with Crippen LogP contribution in [0.1, 0.15) is 33.1 Å². The average molecular weight is 308 g/mol. The molecule has 0 radical (unpaired) electrons. The van der Waals surface area contributed by atoms with Gasteiger partial charge in [-0.25, -0.2) is 0 Å². The standard InChI is InChI=1S/C21H28N2/c1-21(2,23-15-7-4-8-16-23)17-22-20-13-11-19(12-14-20)18-9-5-3-6-10-18/h3,5-6,9-14,22H,4,7-8,15-17H2,1-2H3. The van der Waals surface area contributed by atoms with Gasteiger partial charge in [-0.3, -0.25) is 4.90 Å². The quantitative estimate of drug-likeness (QED) is 0.833. The maximum Gasteiger partial charge on any atom is 0.0341 e. The lowest BCUT2D eigenvalue weighted by atomic mass is 9.98. The Morgan fingerprint density at radius 3 is 2.09 bits per heavy atom.